The van der Waals surface area contributed by atoms with E-state index in [4.69, 9.17) is 0 Å². The summed E-state index contributed by atoms with van der Waals surface area (Å²) in [4.78, 5) is 11.2. The third-order valence-electron chi connectivity index (χ3n) is 2.05. The lowest BCUT2D eigenvalue weighted by molar-refractivity contribution is -0.143. The lowest BCUT2D eigenvalue weighted by Gasteiger charge is -2.13. The molecule has 1 unspecified atom stereocenters. The molecular weight excluding hydrogens is 194 g/mol. The predicted octanol–water partition coefficient (Wildman–Crippen LogP) is 0.518. The number of hydrogen-bond donors (Lipinski definition) is 1. The third-order valence-corrected chi connectivity index (χ3v) is 2.05. The average Bonchev–Trinajstić information content (AvgIpc) is 2.31. The highest BCUT2D eigenvalue weighted by molar-refractivity contribution is 5.75. The Kier molecular flexibility index (Phi) is 4.70. The molecule has 0 radical (unpaired) electrons. The number of rotatable bonds is 5. The van der Waals surface area contributed by atoms with Crippen LogP contribution in [0.1, 0.15) is 19.0 Å². The van der Waals surface area contributed by atoms with E-state index in [2.05, 4.69) is 20.3 Å². The second-order valence-corrected chi connectivity index (χ2v) is 3.08. The van der Waals surface area contributed by atoms with E-state index >= 15 is 0 Å². The number of carbonyl (C=O) groups excluding carboxylic acids is 1. The minimum absolute atomic E-state index is 0.249. The fourth-order valence-corrected chi connectivity index (χ4v) is 1.19. The SMILES string of the molecule is CCC(NCc1cccnn1)C(=O)OC. The first-order valence-corrected chi connectivity index (χ1v) is 4.85. The Morgan fingerprint density at radius 3 is 3.00 bits per heavy atom. The monoisotopic (exact) mass is 209 g/mol. The van der Waals surface area contributed by atoms with Crippen molar-refractivity contribution in [3.05, 3.63) is 24.0 Å². The highest BCUT2D eigenvalue weighted by Crippen LogP contribution is 1.97. The highest BCUT2D eigenvalue weighted by atomic mass is 16.5. The van der Waals surface area contributed by atoms with Crippen molar-refractivity contribution in [3.63, 3.8) is 0 Å². The molecule has 0 amide bonds. The van der Waals surface area contributed by atoms with Crippen LogP contribution in [0.4, 0.5) is 0 Å². The van der Waals surface area contributed by atoms with Gasteiger partial charge < -0.3 is 4.74 Å². The minimum Gasteiger partial charge on any atom is -0.468 e. The first kappa shape index (κ1) is 11.6. The molecule has 0 aliphatic carbocycles. The number of aromatic nitrogens is 2. The Morgan fingerprint density at radius 2 is 2.47 bits per heavy atom. The first-order valence-electron chi connectivity index (χ1n) is 4.85. The molecule has 0 saturated heterocycles. The van der Waals surface area contributed by atoms with E-state index < -0.39 is 0 Å². The van der Waals surface area contributed by atoms with Gasteiger partial charge in [0.1, 0.15) is 6.04 Å². The third kappa shape index (κ3) is 3.63. The van der Waals surface area contributed by atoms with Gasteiger partial charge in [-0.2, -0.15) is 10.2 Å². The summed E-state index contributed by atoms with van der Waals surface area (Å²) < 4.78 is 4.65. The van der Waals surface area contributed by atoms with Crippen molar-refractivity contribution in [2.24, 2.45) is 0 Å². The van der Waals surface area contributed by atoms with E-state index in [-0.39, 0.29) is 12.0 Å². The molecule has 0 bridgehead atoms. The molecule has 1 rings (SSSR count). The molecule has 0 aromatic carbocycles. The highest BCUT2D eigenvalue weighted by Gasteiger charge is 2.15. The van der Waals surface area contributed by atoms with Crippen LogP contribution in [0.5, 0.6) is 0 Å². The van der Waals surface area contributed by atoms with Crippen LogP contribution in [0, 0.1) is 0 Å². The Bertz CT molecular complexity index is 303. The Labute approximate surface area is 88.9 Å². The summed E-state index contributed by atoms with van der Waals surface area (Å²) in [6.07, 6.45) is 2.30. The van der Waals surface area contributed by atoms with Crippen molar-refractivity contribution >= 4 is 5.97 Å². The van der Waals surface area contributed by atoms with Gasteiger partial charge in [-0.1, -0.05) is 6.92 Å². The molecule has 0 aliphatic rings. The van der Waals surface area contributed by atoms with Gasteiger partial charge in [-0.05, 0) is 18.6 Å². The molecule has 0 saturated carbocycles. The van der Waals surface area contributed by atoms with E-state index in [1.807, 2.05) is 19.1 Å². The zero-order valence-corrected chi connectivity index (χ0v) is 8.93. The zero-order chi connectivity index (χ0) is 11.1. The number of methoxy groups -OCH3 is 1. The van der Waals surface area contributed by atoms with E-state index in [1.165, 1.54) is 7.11 Å². The van der Waals surface area contributed by atoms with Crippen molar-refractivity contribution in [3.8, 4) is 0 Å². The summed E-state index contributed by atoms with van der Waals surface area (Å²) in [6, 6.07) is 3.38. The minimum atomic E-state index is -0.281. The molecule has 1 atom stereocenters. The summed E-state index contributed by atoms with van der Waals surface area (Å²) in [5.41, 5.74) is 0.805. The zero-order valence-electron chi connectivity index (χ0n) is 8.93. The van der Waals surface area contributed by atoms with Crippen molar-refractivity contribution in [1.29, 1.82) is 0 Å². The van der Waals surface area contributed by atoms with Gasteiger partial charge in [0, 0.05) is 12.7 Å². The maximum atomic E-state index is 11.2. The van der Waals surface area contributed by atoms with Gasteiger partial charge in [0.05, 0.1) is 12.8 Å². The maximum Gasteiger partial charge on any atom is 0.322 e. The number of nitrogens with zero attached hydrogens (tertiary/aromatic N) is 2. The van der Waals surface area contributed by atoms with Gasteiger partial charge in [-0.25, -0.2) is 0 Å². The molecule has 1 heterocycles. The fraction of sp³-hybridized carbons (Fsp3) is 0.500. The lowest BCUT2D eigenvalue weighted by Crippen LogP contribution is -2.36. The molecule has 0 spiro atoms. The Morgan fingerprint density at radius 1 is 1.67 bits per heavy atom. The van der Waals surface area contributed by atoms with E-state index in [1.54, 1.807) is 6.20 Å². The summed E-state index contributed by atoms with van der Waals surface area (Å²) in [5, 5.41) is 10.7. The second-order valence-electron chi connectivity index (χ2n) is 3.08. The van der Waals surface area contributed by atoms with E-state index in [0.717, 1.165) is 5.69 Å². The number of carbonyl (C=O) groups is 1. The summed E-state index contributed by atoms with van der Waals surface area (Å²) in [7, 11) is 1.38. The summed E-state index contributed by atoms with van der Waals surface area (Å²) in [6.45, 7) is 2.44. The molecule has 1 aromatic rings. The van der Waals surface area contributed by atoms with Gasteiger partial charge in [-0.3, -0.25) is 10.1 Å². The van der Waals surface area contributed by atoms with Crippen LogP contribution >= 0.6 is 0 Å². The average molecular weight is 209 g/mol. The smallest absolute Gasteiger partial charge is 0.322 e. The number of nitrogens with one attached hydrogen (secondary N) is 1. The van der Waals surface area contributed by atoms with Gasteiger partial charge >= 0.3 is 5.97 Å². The van der Waals surface area contributed by atoms with Crippen molar-refractivity contribution < 1.29 is 9.53 Å². The number of ether oxygens (including phenoxy) is 1. The summed E-state index contributed by atoms with van der Waals surface area (Å²) >= 11 is 0. The molecule has 15 heavy (non-hydrogen) atoms. The largest absolute Gasteiger partial charge is 0.468 e. The van der Waals surface area contributed by atoms with Crippen LogP contribution in [0.3, 0.4) is 0 Å². The quantitative estimate of drug-likeness (QED) is 0.716. The molecule has 0 aliphatic heterocycles. The van der Waals surface area contributed by atoms with Crippen molar-refractivity contribution in [2.45, 2.75) is 25.9 Å². The molecule has 5 heteroatoms. The molecule has 82 valence electrons. The molecule has 1 aromatic heterocycles. The van der Waals surface area contributed by atoms with Crippen LogP contribution in [0.2, 0.25) is 0 Å². The van der Waals surface area contributed by atoms with Crippen molar-refractivity contribution in [1.82, 2.24) is 15.5 Å². The Balaban J connectivity index is 2.44. The van der Waals surface area contributed by atoms with Crippen LogP contribution in [0.25, 0.3) is 0 Å². The standard InChI is InChI=1S/C10H15N3O2/c1-3-9(10(14)15-2)11-7-8-5-4-6-12-13-8/h4-6,9,11H,3,7H2,1-2H3. The van der Waals surface area contributed by atoms with Crippen LogP contribution in [-0.4, -0.2) is 29.3 Å². The second kappa shape index (κ2) is 6.08. The number of hydrogen-bond acceptors (Lipinski definition) is 5. The van der Waals surface area contributed by atoms with E-state index in [9.17, 15) is 4.79 Å². The molecular formula is C10H15N3O2. The van der Waals surface area contributed by atoms with Crippen LogP contribution in [0.15, 0.2) is 18.3 Å². The van der Waals surface area contributed by atoms with Gasteiger partial charge in [-0.15, -0.1) is 0 Å². The number of esters is 1. The molecule has 0 fully saturated rings. The van der Waals surface area contributed by atoms with Crippen molar-refractivity contribution in [2.75, 3.05) is 7.11 Å². The maximum absolute atomic E-state index is 11.2. The van der Waals surface area contributed by atoms with Gasteiger partial charge in [0.15, 0.2) is 0 Å². The van der Waals surface area contributed by atoms with Gasteiger partial charge in [0.25, 0.3) is 0 Å². The normalized spacial score (nSPS) is 12.1. The van der Waals surface area contributed by atoms with Crippen LogP contribution in [-0.2, 0) is 16.1 Å². The molecule has 5 nitrogen and oxygen atoms in total. The predicted molar refractivity (Wildman–Crippen MR) is 55.0 cm³/mol. The molecule has 1 N–H and O–H groups in total. The Hall–Kier alpha value is -1.49. The first-order chi connectivity index (χ1) is 7.27. The van der Waals surface area contributed by atoms with Crippen LogP contribution < -0.4 is 5.32 Å². The van der Waals surface area contributed by atoms with E-state index in [0.29, 0.717) is 13.0 Å². The van der Waals surface area contributed by atoms with Gasteiger partial charge in [0.2, 0.25) is 0 Å². The lowest BCUT2D eigenvalue weighted by atomic mass is 10.2. The topological polar surface area (TPSA) is 64.1 Å². The summed E-state index contributed by atoms with van der Waals surface area (Å²) in [5.74, 6) is -0.249. The fourth-order valence-electron chi connectivity index (χ4n) is 1.19.